The lowest BCUT2D eigenvalue weighted by Crippen LogP contribution is -2.44. The molecule has 1 saturated heterocycles. The van der Waals surface area contributed by atoms with Crippen molar-refractivity contribution in [1.82, 2.24) is 14.9 Å². The van der Waals surface area contributed by atoms with E-state index in [1.54, 1.807) is 11.3 Å². The minimum Gasteiger partial charge on any atom is -0.373 e. The fourth-order valence-electron chi connectivity index (χ4n) is 3.35. The van der Waals surface area contributed by atoms with Gasteiger partial charge in [-0.25, -0.2) is 9.97 Å². The average Bonchev–Trinajstić information content (AvgIpc) is 3.35. The Morgan fingerprint density at radius 1 is 1.29 bits per heavy atom. The summed E-state index contributed by atoms with van der Waals surface area (Å²) in [6.45, 7) is 8.62. The van der Waals surface area contributed by atoms with Crippen LogP contribution < -0.4 is 5.32 Å². The number of ether oxygens (including phenoxy) is 1. The summed E-state index contributed by atoms with van der Waals surface area (Å²) in [4.78, 5) is 24.8. The van der Waals surface area contributed by atoms with Crippen molar-refractivity contribution in [2.24, 2.45) is 0 Å². The van der Waals surface area contributed by atoms with Gasteiger partial charge in [-0.15, -0.1) is 22.7 Å². The average molecular weight is 435 g/mol. The van der Waals surface area contributed by atoms with Crippen molar-refractivity contribution in [3.63, 3.8) is 0 Å². The van der Waals surface area contributed by atoms with Gasteiger partial charge in [0.1, 0.15) is 9.88 Å². The van der Waals surface area contributed by atoms with Crippen LogP contribution in [0.1, 0.15) is 34.9 Å². The predicted molar refractivity (Wildman–Crippen MR) is 116 cm³/mol. The number of nitrogens with one attached hydrogen (secondary N) is 1. The van der Waals surface area contributed by atoms with Gasteiger partial charge < -0.3 is 4.74 Å². The normalized spacial score (nSPS) is 20.4. The highest BCUT2D eigenvalue weighted by Gasteiger charge is 2.23. The number of morpholine rings is 1. The molecule has 0 saturated carbocycles. The van der Waals surface area contributed by atoms with E-state index in [1.165, 1.54) is 22.7 Å². The number of anilines is 1. The molecular weight excluding hydrogens is 412 g/mol. The molecule has 28 heavy (non-hydrogen) atoms. The fraction of sp³-hybridized carbons (Fsp3) is 0.421. The van der Waals surface area contributed by atoms with Gasteiger partial charge in [-0.1, -0.05) is 0 Å². The molecule has 1 N–H and O–H groups in total. The Bertz CT molecular complexity index is 940. The maximum atomic E-state index is 12.7. The van der Waals surface area contributed by atoms with Crippen LogP contribution in [0.5, 0.6) is 0 Å². The maximum Gasteiger partial charge on any atom is 0.269 e. The summed E-state index contributed by atoms with van der Waals surface area (Å²) >= 11 is 4.50. The zero-order valence-electron chi connectivity index (χ0n) is 16.0. The number of hydrogen-bond acceptors (Lipinski definition) is 8. The van der Waals surface area contributed by atoms with Crippen molar-refractivity contribution in [3.05, 3.63) is 38.5 Å². The quantitative estimate of drug-likeness (QED) is 0.640. The Morgan fingerprint density at radius 3 is 2.79 bits per heavy atom. The first-order valence-electron chi connectivity index (χ1n) is 9.11. The molecule has 0 bridgehead atoms. The summed E-state index contributed by atoms with van der Waals surface area (Å²) in [5.74, 6) is -0.147. The summed E-state index contributed by atoms with van der Waals surface area (Å²) in [5, 5.41) is 10.5. The molecule has 1 aliphatic heterocycles. The molecule has 148 valence electrons. The van der Waals surface area contributed by atoms with Gasteiger partial charge in [-0.05, 0) is 32.2 Å². The summed E-state index contributed by atoms with van der Waals surface area (Å²) in [6, 6.07) is 2.02. The number of rotatable bonds is 5. The van der Waals surface area contributed by atoms with Crippen molar-refractivity contribution >= 4 is 45.0 Å². The van der Waals surface area contributed by atoms with E-state index in [9.17, 15) is 4.79 Å². The maximum absolute atomic E-state index is 12.7. The molecule has 9 heteroatoms. The van der Waals surface area contributed by atoms with E-state index in [2.05, 4.69) is 34.0 Å². The van der Waals surface area contributed by atoms with Crippen molar-refractivity contribution in [2.45, 2.75) is 39.5 Å². The van der Waals surface area contributed by atoms with Crippen LogP contribution in [0.15, 0.2) is 22.2 Å². The molecule has 4 rings (SSSR count). The fourth-order valence-corrected chi connectivity index (χ4v) is 5.72. The third-order valence-electron chi connectivity index (χ3n) is 4.42. The Morgan fingerprint density at radius 2 is 2.07 bits per heavy atom. The number of thiophene rings is 1. The molecule has 2 unspecified atom stereocenters. The number of carbonyl (C=O) groups excluding carboxylic acids is 1. The second-order valence-electron chi connectivity index (χ2n) is 7.00. The largest absolute Gasteiger partial charge is 0.373 e. The lowest BCUT2D eigenvalue weighted by molar-refractivity contribution is -0.0707. The third-order valence-corrected chi connectivity index (χ3v) is 7.12. The molecule has 3 aromatic rings. The Balaban J connectivity index is 1.41. The lowest BCUT2D eigenvalue weighted by atomic mass is 10.2. The van der Waals surface area contributed by atoms with E-state index in [0.717, 1.165) is 41.6 Å². The first-order chi connectivity index (χ1) is 13.5. The zero-order valence-corrected chi connectivity index (χ0v) is 18.4. The highest BCUT2D eigenvalue weighted by Crippen LogP contribution is 2.30. The van der Waals surface area contributed by atoms with Crippen LogP contribution in [0.2, 0.25) is 0 Å². The van der Waals surface area contributed by atoms with Crippen molar-refractivity contribution in [1.29, 1.82) is 0 Å². The third kappa shape index (κ3) is 4.49. The lowest BCUT2D eigenvalue weighted by Gasteiger charge is -2.34. The second kappa shape index (κ2) is 8.38. The van der Waals surface area contributed by atoms with Crippen LogP contribution >= 0.6 is 34.0 Å². The summed E-state index contributed by atoms with van der Waals surface area (Å²) in [6.07, 6.45) is 0.460. The van der Waals surface area contributed by atoms with E-state index in [-0.39, 0.29) is 18.1 Å². The van der Waals surface area contributed by atoms with Crippen LogP contribution in [0.4, 0.5) is 5.13 Å². The highest BCUT2D eigenvalue weighted by molar-refractivity contribution is 7.18. The molecule has 3 aromatic heterocycles. The van der Waals surface area contributed by atoms with E-state index in [4.69, 9.17) is 4.74 Å². The molecule has 1 aliphatic rings. The van der Waals surface area contributed by atoms with Gasteiger partial charge in [0.2, 0.25) is 0 Å². The number of aromatic nitrogens is 2. The number of nitrogens with zero attached hydrogens (tertiary/aromatic N) is 3. The summed E-state index contributed by atoms with van der Waals surface area (Å²) in [5.41, 5.74) is 2.78. The molecule has 0 aromatic carbocycles. The Labute approximate surface area is 176 Å². The Hall–Kier alpha value is -1.65. The Kier molecular flexibility index (Phi) is 5.88. The molecule has 1 fully saturated rings. The molecule has 4 heterocycles. The van der Waals surface area contributed by atoms with E-state index < -0.39 is 0 Å². The summed E-state index contributed by atoms with van der Waals surface area (Å²) < 4.78 is 5.78. The van der Waals surface area contributed by atoms with Gasteiger partial charge in [-0.3, -0.25) is 15.0 Å². The molecular formula is C19H22N4O2S3. The van der Waals surface area contributed by atoms with Gasteiger partial charge >= 0.3 is 0 Å². The van der Waals surface area contributed by atoms with Gasteiger partial charge in [0.05, 0.1) is 23.6 Å². The molecule has 6 nitrogen and oxygen atoms in total. The predicted octanol–water partition coefficient (Wildman–Crippen LogP) is 4.50. The van der Waals surface area contributed by atoms with Crippen molar-refractivity contribution < 1.29 is 9.53 Å². The first kappa shape index (κ1) is 19.7. The first-order valence-corrected chi connectivity index (χ1v) is 11.8. The van der Waals surface area contributed by atoms with Gasteiger partial charge in [-0.2, -0.15) is 11.3 Å². The van der Waals surface area contributed by atoms with Crippen LogP contribution in [-0.4, -0.2) is 46.1 Å². The molecule has 1 amide bonds. The van der Waals surface area contributed by atoms with Crippen LogP contribution in [0, 0.1) is 6.92 Å². The van der Waals surface area contributed by atoms with Crippen LogP contribution in [-0.2, 0) is 11.3 Å². The number of aryl methyl sites for hydroxylation is 1. The van der Waals surface area contributed by atoms with Crippen molar-refractivity contribution in [2.75, 3.05) is 18.4 Å². The second-order valence-corrected chi connectivity index (χ2v) is 9.63. The smallest absolute Gasteiger partial charge is 0.269 e. The monoisotopic (exact) mass is 434 g/mol. The van der Waals surface area contributed by atoms with E-state index in [0.29, 0.717) is 10.0 Å². The molecule has 0 radical (unpaired) electrons. The minimum atomic E-state index is -0.147. The topological polar surface area (TPSA) is 67.4 Å². The standard InChI is InChI=1S/C19H22N4O2S3/c1-11-6-23(7-12(2)25-11)8-15-10-27-19(21-15)22-17(24)16-13(3)20-18(28-16)14-4-5-26-9-14/h4-5,9-12H,6-8H2,1-3H3,(H,21,22,24). The SMILES string of the molecule is Cc1nc(-c2ccsc2)sc1C(=O)Nc1nc(CN2CC(C)OC(C)C2)cs1. The van der Waals surface area contributed by atoms with Crippen LogP contribution in [0.3, 0.4) is 0 Å². The molecule has 2 atom stereocenters. The number of carbonyl (C=O) groups is 1. The van der Waals surface area contributed by atoms with Gasteiger partial charge in [0.15, 0.2) is 5.13 Å². The van der Waals surface area contributed by atoms with Gasteiger partial charge in [0, 0.05) is 36.0 Å². The highest BCUT2D eigenvalue weighted by atomic mass is 32.1. The minimum absolute atomic E-state index is 0.147. The van der Waals surface area contributed by atoms with E-state index >= 15 is 0 Å². The molecule has 0 aliphatic carbocycles. The zero-order chi connectivity index (χ0) is 19.7. The van der Waals surface area contributed by atoms with Crippen LogP contribution in [0.25, 0.3) is 10.6 Å². The number of amides is 1. The van der Waals surface area contributed by atoms with E-state index in [1.807, 2.05) is 29.1 Å². The van der Waals surface area contributed by atoms with Crippen molar-refractivity contribution in [3.8, 4) is 10.6 Å². The number of thiazole rings is 2. The number of hydrogen-bond donors (Lipinski definition) is 1. The molecule has 0 spiro atoms. The van der Waals surface area contributed by atoms with Gasteiger partial charge in [0.25, 0.3) is 5.91 Å². The summed E-state index contributed by atoms with van der Waals surface area (Å²) in [7, 11) is 0.